The molecule has 0 spiro atoms. The first-order valence-electron chi connectivity index (χ1n) is 14.7. The number of para-hydroxylation sites is 1. The molecule has 2 aliphatic rings. The molecule has 5 rings (SSSR count). The molecule has 0 radical (unpaired) electrons. The molecular formula is C33H39FN4O3. The van der Waals surface area contributed by atoms with Crippen molar-refractivity contribution >= 4 is 17.5 Å². The van der Waals surface area contributed by atoms with E-state index < -0.39 is 0 Å². The van der Waals surface area contributed by atoms with E-state index >= 15 is 0 Å². The first kappa shape index (κ1) is 28.7. The van der Waals surface area contributed by atoms with Gasteiger partial charge in [-0.15, -0.1) is 0 Å². The molecule has 0 N–H and O–H groups in total. The van der Waals surface area contributed by atoms with Gasteiger partial charge in [-0.1, -0.05) is 37.6 Å². The summed E-state index contributed by atoms with van der Waals surface area (Å²) in [5, 5.41) is 0. The third-order valence-electron chi connectivity index (χ3n) is 8.22. The quantitative estimate of drug-likeness (QED) is 0.378. The SMILES string of the molecule is CCC(=O)N1CCC2CCCC(CN(C(=O)CCOc3cccc(F)c3)Cc3ccccc31)N2Cc1ccncc1. The second-order valence-corrected chi connectivity index (χ2v) is 10.9. The van der Waals surface area contributed by atoms with E-state index in [-0.39, 0.29) is 36.7 Å². The van der Waals surface area contributed by atoms with Crippen molar-refractivity contribution in [3.8, 4) is 5.75 Å². The number of ether oxygens (including phenoxy) is 1. The molecule has 2 atom stereocenters. The average molecular weight is 559 g/mol. The number of hydrogen-bond donors (Lipinski definition) is 0. The van der Waals surface area contributed by atoms with E-state index in [1.165, 1.54) is 17.7 Å². The predicted octanol–water partition coefficient (Wildman–Crippen LogP) is 5.59. The van der Waals surface area contributed by atoms with Gasteiger partial charge in [0.15, 0.2) is 0 Å². The molecule has 2 amide bonds. The van der Waals surface area contributed by atoms with Crippen molar-refractivity contribution in [3.05, 3.63) is 90.0 Å². The summed E-state index contributed by atoms with van der Waals surface area (Å²) >= 11 is 0. The summed E-state index contributed by atoms with van der Waals surface area (Å²) in [5.74, 6) is 0.110. The molecule has 216 valence electrons. The number of pyridine rings is 1. The minimum atomic E-state index is -0.370. The lowest BCUT2D eigenvalue weighted by Gasteiger charge is -2.44. The standard InChI is InChI=1S/C33H39FN4O3/c1-2-32(39)37-19-15-28-9-6-10-29(38(28)22-25-13-17-35-18-14-25)24-36(23-26-7-3-4-12-31(26)37)33(40)16-20-41-30-11-5-8-27(34)21-30/h3-5,7-8,11-14,17-18,21,28-29H,2,6,9-10,15-16,19-20,22-24H2,1H3. The van der Waals surface area contributed by atoms with Crippen LogP contribution in [-0.4, -0.2) is 58.4 Å². The number of benzene rings is 2. The van der Waals surface area contributed by atoms with Crippen LogP contribution in [0.15, 0.2) is 73.1 Å². The summed E-state index contributed by atoms with van der Waals surface area (Å²) in [7, 11) is 0. The Balaban J connectivity index is 1.44. The predicted molar refractivity (Wildman–Crippen MR) is 157 cm³/mol. The molecule has 0 saturated carbocycles. The van der Waals surface area contributed by atoms with Gasteiger partial charge in [0.1, 0.15) is 11.6 Å². The summed E-state index contributed by atoms with van der Waals surface area (Å²) < 4.78 is 19.3. The molecular weight excluding hydrogens is 519 g/mol. The maximum Gasteiger partial charge on any atom is 0.226 e. The van der Waals surface area contributed by atoms with Crippen molar-refractivity contribution in [2.75, 3.05) is 24.6 Å². The molecule has 8 heteroatoms. The van der Waals surface area contributed by atoms with Crippen LogP contribution in [0.5, 0.6) is 5.75 Å². The number of amides is 2. The van der Waals surface area contributed by atoms with E-state index in [2.05, 4.69) is 22.0 Å². The highest BCUT2D eigenvalue weighted by atomic mass is 19.1. The van der Waals surface area contributed by atoms with Crippen LogP contribution in [0.2, 0.25) is 0 Å². The maximum absolute atomic E-state index is 13.8. The molecule has 1 aromatic heterocycles. The number of carbonyl (C=O) groups excluding carboxylic acids is 2. The summed E-state index contributed by atoms with van der Waals surface area (Å²) in [4.78, 5) is 37.6. The van der Waals surface area contributed by atoms with E-state index in [0.717, 1.165) is 43.5 Å². The van der Waals surface area contributed by atoms with Gasteiger partial charge in [0.2, 0.25) is 11.8 Å². The molecule has 3 heterocycles. The number of piperidine rings is 1. The Kier molecular flexibility index (Phi) is 9.62. The zero-order valence-corrected chi connectivity index (χ0v) is 23.8. The van der Waals surface area contributed by atoms with Gasteiger partial charge >= 0.3 is 0 Å². The zero-order chi connectivity index (χ0) is 28.6. The topological polar surface area (TPSA) is 66.0 Å². The van der Waals surface area contributed by atoms with Crippen molar-refractivity contribution in [2.45, 2.75) is 70.6 Å². The van der Waals surface area contributed by atoms with Crippen molar-refractivity contribution in [1.82, 2.24) is 14.8 Å². The Bertz CT molecular complexity index is 1320. The number of halogens is 1. The smallest absolute Gasteiger partial charge is 0.226 e. The highest BCUT2D eigenvalue weighted by molar-refractivity contribution is 5.94. The van der Waals surface area contributed by atoms with Crippen LogP contribution in [0.4, 0.5) is 10.1 Å². The van der Waals surface area contributed by atoms with Crippen molar-refractivity contribution in [3.63, 3.8) is 0 Å². The first-order chi connectivity index (χ1) is 20.0. The Hall–Kier alpha value is -3.78. The Morgan fingerprint density at radius 2 is 1.78 bits per heavy atom. The second kappa shape index (κ2) is 13.7. The van der Waals surface area contributed by atoms with Crippen LogP contribution in [0.25, 0.3) is 0 Å². The number of rotatable bonds is 7. The van der Waals surface area contributed by atoms with Gasteiger partial charge in [0, 0.05) is 68.8 Å². The molecule has 7 nitrogen and oxygen atoms in total. The van der Waals surface area contributed by atoms with Gasteiger partial charge in [-0.25, -0.2) is 4.39 Å². The van der Waals surface area contributed by atoms with Crippen LogP contribution in [-0.2, 0) is 22.7 Å². The molecule has 41 heavy (non-hydrogen) atoms. The number of aromatic nitrogens is 1. The van der Waals surface area contributed by atoms with Gasteiger partial charge in [-0.3, -0.25) is 19.5 Å². The van der Waals surface area contributed by atoms with Gasteiger partial charge in [-0.2, -0.15) is 0 Å². The van der Waals surface area contributed by atoms with E-state index in [9.17, 15) is 14.0 Å². The summed E-state index contributed by atoms with van der Waals surface area (Å²) in [5.41, 5.74) is 3.04. The summed E-state index contributed by atoms with van der Waals surface area (Å²) in [6.45, 7) is 4.48. The zero-order valence-electron chi connectivity index (χ0n) is 23.8. The molecule has 1 fully saturated rings. The lowest BCUT2D eigenvalue weighted by atomic mass is 9.92. The van der Waals surface area contributed by atoms with Crippen molar-refractivity contribution in [2.24, 2.45) is 0 Å². The molecule has 3 aromatic rings. The van der Waals surface area contributed by atoms with Crippen LogP contribution >= 0.6 is 0 Å². The number of anilines is 1. The minimum Gasteiger partial charge on any atom is -0.493 e. The van der Waals surface area contributed by atoms with E-state index in [1.54, 1.807) is 12.1 Å². The van der Waals surface area contributed by atoms with Crippen LogP contribution < -0.4 is 9.64 Å². The van der Waals surface area contributed by atoms with Crippen LogP contribution in [0.1, 0.15) is 56.6 Å². The van der Waals surface area contributed by atoms with Gasteiger partial charge in [-0.05, 0) is 60.7 Å². The minimum absolute atomic E-state index is 0.0187. The molecule has 2 aromatic carbocycles. The van der Waals surface area contributed by atoms with Crippen molar-refractivity contribution in [1.29, 1.82) is 0 Å². The highest BCUT2D eigenvalue weighted by Gasteiger charge is 2.34. The lowest BCUT2D eigenvalue weighted by molar-refractivity contribution is -0.133. The number of fused-ring (bicyclic) bond motifs is 3. The third-order valence-corrected chi connectivity index (χ3v) is 8.22. The monoisotopic (exact) mass is 558 g/mol. The molecule has 2 aliphatic heterocycles. The lowest BCUT2D eigenvalue weighted by Crippen LogP contribution is -2.52. The fourth-order valence-electron chi connectivity index (χ4n) is 6.12. The first-order valence-corrected chi connectivity index (χ1v) is 14.7. The summed E-state index contributed by atoms with van der Waals surface area (Å²) in [6.07, 6.45) is 8.27. The van der Waals surface area contributed by atoms with Gasteiger partial charge < -0.3 is 14.5 Å². The number of carbonyl (C=O) groups is 2. The fourth-order valence-corrected chi connectivity index (χ4v) is 6.12. The maximum atomic E-state index is 13.8. The number of nitrogens with zero attached hydrogens (tertiary/aromatic N) is 4. The van der Waals surface area contributed by atoms with Gasteiger partial charge in [0.25, 0.3) is 0 Å². The Morgan fingerprint density at radius 3 is 2.59 bits per heavy atom. The molecule has 1 saturated heterocycles. The van der Waals surface area contributed by atoms with E-state index in [0.29, 0.717) is 37.8 Å². The Labute approximate surface area is 241 Å². The number of hydrogen-bond acceptors (Lipinski definition) is 5. The van der Waals surface area contributed by atoms with Crippen molar-refractivity contribution < 1.29 is 18.7 Å². The van der Waals surface area contributed by atoms with E-state index in [1.807, 2.05) is 53.4 Å². The Morgan fingerprint density at radius 1 is 0.976 bits per heavy atom. The van der Waals surface area contributed by atoms with E-state index in [4.69, 9.17) is 4.74 Å². The van der Waals surface area contributed by atoms with Crippen LogP contribution in [0, 0.1) is 5.82 Å². The summed E-state index contributed by atoms with van der Waals surface area (Å²) in [6, 6.07) is 18.5. The van der Waals surface area contributed by atoms with Crippen LogP contribution in [0.3, 0.4) is 0 Å². The highest BCUT2D eigenvalue weighted by Crippen LogP contribution is 2.32. The second-order valence-electron chi connectivity index (χ2n) is 10.9. The fraction of sp³-hybridized carbons (Fsp3) is 0.424. The normalized spacial score (nSPS) is 19.7. The largest absolute Gasteiger partial charge is 0.493 e. The molecule has 2 bridgehead atoms. The molecule has 2 unspecified atom stereocenters. The molecule has 0 aliphatic carbocycles. The third kappa shape index (κ3) is 7.30. The van der Waals surface area contributed by atoms with Gasteiger partial charge in [0.05, 0.1) is 13.0 Å². The average Bonchev–Trinajstić information content (AvgIpc) is 3.00.